The highest BCUT2D eigenvalue weighted by molar-refractivity contribution is 6.09. The number of fused-ring (bicyclic) bond motifs is 5. The second-order valence-corrected chi connectivity index (χ2v) is 8.17. The van der Waals surface area contributed by atoms with Crippen LogP contribution in [0.5, 0.6) is 0 Å². The second-order valence-electron chi connectivity index (χ2n) is 8.17. The molecule has 144 valence electrons. The van der Waals surface area contributed by atoms with Gasteiger partial charge < -0.3 is 19.3 Å². The Labute approximate surface area is 156 Å². The van der Waals surface area contributed by atoms with E-state index in [1.165, 1.54) is 6.08 Å². The van der Waals surface area contributed by atoms with Crippen LogP contribution in [0, 0.1) is 5.92 Å². The lowest BCUT2D eigenvalue weighted by molar-refractivity contribution is -0.163. The Kier molecular flexibility index (Phi) is 3.62. The van der Waals surface area contributed by atoms with E-state index in [0.29, 0.717) is 5.57 Å². The van der Waals surface area contributed by atoms with Gasteiger partial charge in [-0.2, -0.15) is 0 Å². The molecule has 0 radical (unpaired) electrons. The number of hydrogen-bond donors (Lipinski definition) is 1. The first-order valence-electron chi connectivity index (χ1n) is 8.92. The topological polar surface area (TPSA) is 102 Å². The van der Waals surface area contributed by atoms with Gasteiger partial charge in [0.05, 0.1) is 5.92 Å². The van der Waals surface area contributed by atoms with Gasteiger partial charge in [0.2, 0.25) is 0 Å². The molecule has 4 aliphatic rings. The molecule has 0 bridgehead atoms. The molecule has 0 amide bonds. The summed E-state index contributed by atoms with van der Waals surface area (Å²) in [7, 11) is 0. The van der Waals surface area contributed by atoms with Gasteiger partial charge in [-0.1, -0.05) is 17.7 Å². The van der Waals surface area contributed by atoms with Gasteiger partial charge in [0.25, 0.3) is 0 Å². The first kappa shape index (κ1) is 18.1. The van der Waals surface area contributed by atoms with Crippen LogP contribution in [0.3, 0.4) is 0 Å². The third-order valence-electron chi connectivity index (χ3n) is 6.07. The molecule has 3 fully saturated rings. The summed E-state index contributed by atoms with van der Waals surface area (Å²) in [5.41, 5.74) is -1.25. The number of ketones is 1. The molecular formula is C20H22O7. The number of rotatable bonds is 2. The predicted molar refractivity (Wildman–Crippen MR) is 92.4 cm³/mol. The van der Waals surface area contributed by atoms with Gasteiger partial charge >= 0.3 is 11.9 Å². The van der Waals surface area contributed by atoms with Gasteiger partial charge in [0.1, 0.15) is 17.8 Å². The van der Waals surface area contributed by atoms with Crippen LogP contribution >= 0.6 is 0 Å². The van der Waals surface area contributed by atoms with Crippen molar-refractivity contribution in [1.29, 1.82) is 0 Å². The van der Waals surface area contributed by atoms with Gasteiger partial charge in [0.15, 0.2) is 17.5 Å². The van der Waals surface area contributed by atoms with E-state index in [0.717, 1.165) is 5.57 Å². The fourth-order valence-corrected chi connectivity index (χ4v) is 4.74. The molecule has 2 aliphatic heterocycles. The zero-order chi connectivity index (χ0) is 19.9. The van der Waals surface area contributed by atoms with Gasteiger partial charge in [-0.25, -0.2) is 9.59 Å². The first-order valence-corrected chi connectivity index (χ1v) is 8.92. The molecule has 0 aromatic rings. The molecule has 1 N–H and O–H groups in total. The molecule has 7 heteroatoms. The Hall–Kier alpha value is -2.25. The maximum absolute atomic E-state index is 12.8. The summed E-state index contributed by atoms with van der Waals surface area (Å²) >= 11 is 0. The number of Topliss-reactive ketones (excluding diaryl/α,β-unsaturated/α-hetero) is 1. The highest BCUT2D eigenvalue weighted by atomic mass is 16.6. The minimum absolute atomic E-state index is 0.123. The van der Waals surface area contributed by atoms with Crippen molar-refractivity contribution in [3.8, 4) is 0 Å². The van der Waals surface area contributed by atoms with Crippen LogP contribution in [0.15, 0.2) is 34.9 Å². The van der Waals surface area contributed by atoms with Crippen molar-refractivity contribution < 1.29 is 33.7 Å². The molecule has 4 rings (SSSR count). The molecule has 7 nitrogen and oxygen atoms in total. The van der Waals surface area contributed by atoms with Crippen molar-refractivity contribution in [2.24, 2.45) is 5.92 Å². The summed E-state index contributed by atoms with van der Waals surface area (Å²) < 4.78 is 16.6. The Morgan fingerprint density at radius 1 is 1.37 bits per heavy atom. The number of allylic oxidation sites excluding steroid dienone is 1. The predicted octanol–water partition coefficient (Wildman–Crippen LogP) is 1.15. The monoisotopic (exact) mass is 374 g/mol. The summed E-state index contributed by atoms with van der Waals surface area (Å²) in [5.74, 6) is -2.29. The van der Waals surface area contributed by atoms with E-state index in [4.69, 9.17) is 14.2 Å². The Balaban J connectivity index is 1.82. The van der Waals surface area contributed by atoms with E-state index < -0.39 is 47.4 Å². The fourth-order valence-electron chi connectivity index (χ4n) is 4.74. The normalized spacial score (nSPS) is 42.0. The van der Waals surface area contributed by atoms with Crippen molar-refractivity contribution in [2.75, 3.05) is 0 Å². The standard InChI is InChI=1S/C20H22O7/c1-8(2)6-12(21)25-11-7-9(3)14-15(22)17-19(5,27-17)20(14,24)16-13(11)10(4)18(23)26-16/h6,11,13,16-17,24H,4,7H2,1-3,5H3/t11-,13-,16-,17-,19-,20-/m1/s1. The van der Waals surface area contributed by atoms with E-state index in [9.17, 15) is 19.5 Å². The van der Waals surface area contributed by atoms with E-state index in [1.54, 1.807) is 27.7 Å². The highest BCUT2D eigenvalue weighted by Crippen LogP contribution is 2.62. The lowest BCUT2D eigenvalue weighted by Gasteiger charge is -2.37. The third-order valence-corrected chi connectivity index (χ3v) is 6.07. The minimum atomic E-state index is -1.80. The Morgan fingerprint density at radius 3 is 2.67 bits per heavy atom. The van der Waals surface area contributed by atoms with Crippen molar-refractivity contribution in [1.82, 2.24) is 0 Å². The molecule has 2 heterocycles. The highest BCUT2D eigenvalue weighted by Gasteiger charge is 2.82. The quantitative estimate of drug-likeness (QED) is 0.439. The maximum Gasteiger partial charge on any atom is 0.334 e. The van der Waals surface area contributed by atoms with Crippen molar-refractivity contribution >= 4 is 17.7 Å². The van der Waals surface area contributed by atoms with Gasteiger partial charge in [0, 0.05) is 23.6 Å². The number of carbonyl (C=O) groups is 3. The minimum Gasteiger partial charge on any atom is -0.458 e. The summed E-state index contributed by atoms with van der Waals surface area (Å²) in [6.07, 6.45) is -1.08. The van der Waals surface area contributed by atoms with Crippen molar-refractivity contribution in [2.45, 2.75) is 63.6 Å². The molecule has 6 atom stereocenters. The molecule has 0 unspecified atom stereocenters. The molecule has 2 saturated heterocycles. The summed E-state index contributed by atoms with van der Waals surface area (Å²) in [6.45, 7) is 10.7. The smallest absolute Gasteiger partial charge is 0.334 e. The van der Waals surface area contributed by atoms with Crippen molar-refractivity contribution in [3.05, 3.63) is 34.9 Å². The number of carbonyl (C=O) groups excluding carboxylic acids is 3. The number of aliphatic hydroxyl groups is 1. The van der Waals surface area contributed by atoms with Crippen LogP contribution in [0.2, 0.25) is 0 Å². The average molecular weight is 374 g/mol. The van der Waals surface area contributed by atoms with Gasteiger partial charge in [-0.05, 0) is 27.7 Å². The van der Waals surface area contributed by atoms with E-state index in [1.807, 2.05) is 0 Å². The molecule has 0 aromatic heterocycles. The summed E-state index contributed by atoms with van der Waals surface area (Å²) in [5, 5.41) is 11.6. The largest absolute Gasteiger partial charge is 0.458 e. The lowest BCUT2D eigenvalue weighted by Crippen LogP contribution is -2.56. The number of hydrogen-bond acceptors (Lipinski definition) is 7. The second kappa shape index (κ2) is 5.39. The van der Waals surface area contributed by atoms with E-state index in [-0.39, 0.29) is 23.4 Å². The Morgan fingerprint density at radius 2 is 2.04 bits per heavy atom. The zero-order valence-electron chi connectivity index (χ0n) is 15.7. The summed E-state index contributed by atoms with van der Waals surface area (Å²) in [4.78, 5) is 37.2. The average Bonchev–Trinajstić information content (AvgIpc) is 3.13. The number of esters is 2. The first-order chi connectivity index (χ1) is 12.5. The van der Waals surface area contributed by atoms with Gasteiger partial charge in [-0.15, -0.1) is 0 Å². The third kappa shape index (κ3) is 2.18. The lowest BCUT2D eigenvalue weighted by atomic mass is 9.76. The maximum atomic E-state index is 12.8. The molecular weight excluding hydrogens is 352 g/mol. The SMILES string of the molecule is C=C1C(=O)O[C@@H]2[C@H]1[C@H](OC(=O)C=C(C)C)CC(C)=C1C(=O)[C@H]3O[C@@]3(C)[C@@]12O. The van der Waals surface area contributed by atoms with Crippen LogP contribution < -0.4 is 0 Å². The van der Waals surface area contributed by atoms with Crippen molar-refractivity contribution in [3.63, 3.8) is 0 Å². The van der Waals surface area contributed by atoms with Crippen LogP contribution in [0.4, 0.5) is 0 Å². The van der Waals surface area contributed by atoms with E-state index >= 15 is 0 Å². The Bertz CT molecular complexity index is 862. The zero-order valence-corrected chi connectivity index (χ0v) is 15.7. The van der Waals surface area contributed by atoms with Crippen LogP contribution in [-0.4, -0.2) is 52.3 Å². The fraction of sp³-hybridized carbons (Fsp3) is 0.550. The van der Waals surface area contributed by atoms with Crippen LogP contribution in [-0.2, 0) is 28.6 Å². The molecule has 0 aromatic carbocycles. The van der Waals surface area contributed by atoms with E-state index in [2.05, 4.69) is 6.58 Å². The number of ether oxygens (including phenoxy) is 3. The molecule has 2 aliphatic carbocycles. The van der Waals surface area contributed by atoms with Crippen LogP contribution in [0.25, 0.3) is 0 Å². The molecule has 1 saturated carbocycles. The summed E-state index contributed by atoms with van der Waals surface area (Å²) in [6, 6.07) is 0. The van der Waals surface area contributed by atoms with Crippen LogP contribution in [0.1, 0.15) is 34.1 Å². The molecule has 27 heavy (non-hydrogen) atoms. The number of epoxide rings is 1. The molecule has 0 spiro atoms. The van der Waals surface area contributed by atoms with Gasteiger partial charge in [-0.3, -0.25) is 4.79 Å².